The summed E-state index contributed by atoms with van der Waals surface area (Å²) in [7, 11) is 3.04. The summed E-state index contributed by atoms with van der Waals surface area (Å²) in [6.07, 6.45) is 0. The summed E-state index contributed by atoms with van der Waals surface area (Å²) >= 11 is 0. The molecule has 3 aromatic rings. The molecule has 154 valence electrons. The van der Waals surface area contributed by atoms with Gasteiger partial charge in [0.15, 0.2) is 0 Å². The van der Waals surface area contributed by atoms with Crippen molar-refractivity contribution in [1.29, 1.82) is 0 Å². The first kappa shape index (κ1) is 20.7. The molecule has 3 aromatic carbocycles. The van der Waals surface area contributed by atoms with Crippen molar-refractivity contribution in [2.45, 2.75) is 0 Å². The van der Waals surface area contributed by atoms with E-state index in [9.17, 15) is 9.59 Å². The summed E-state index contributed by atoms with van der Waals surface area (Å²) in [5.74, 6) is 1.65. The molecule has 2 amide bonds. The topological polar surface area (TPSA) is 85.9 Å². The predicted octanol–water partition coefficient (Wildman–Crippen LogP) is 3.86. The minimum Gasteiger partial charge on any atom is -0.497 e. The second-order valence-corrected chi connectivity index (χ2v) is 6.24. The normalized spacial score (nSPS) is 10.1. The van der Waals surface area contributed by atoms with Crippen molar-refractivity contribution >= 4 is 17.5 Å². The lowest BCUT2D eigenvalue weighted by atomic mass is 10.2. The predicted molar refractivity (Wildman–Crippen MR) is 113 cm³/mol. The molecule has 0 saturated carbocycles. The number of anilines is 1. The zero-order valence-corrected chi connectivity index (χ0v) is 16.7. The molecule has 0 radical (unpaired) electrons. The van der Waals surface area contributed by atoms with E-state index in [1.54, 1.807) is 49.6 Å². The first-order valence-electron chi connectivity index (χ1n) is 9.22. The van der Waals surface area contributed by atoms with Gasteiger partial charge in [0.2, 0.25) is 5.91 Å². The van der Waals surface area contributed by atoms with Crippen LogP contribution in [-0.2, 0) is 4.79 Å². The molecule has 0 heterocycles. The monoisotopic (exact) mass is 406 g/mol. The standard InChI is InChI=1S/C23H22N2O5/c1-28-19-12-13-20(21(14-19)29-2)25-22(26)15-24-23(27)16-8-10-18(11-9-16)30-17-6-4-3-5-7-17/h3-14H,15H2,1-2H3,(H,24,27)(H,25,26). The Morgan fingerprint density at radius 2 is 1.47 bits per heavy atom. The molecule has 0 aliphatic rings. The van der Waals surface area contributed by atoms with Crippen molar-refractivity contribution in [1.82, 2.24) is 5.32 Å². The van der Waals surface area contributed by atoms with Gasteiger partial charge in [-0.1, -0.05) is 18.2 Å². The lowest BCUT2D eigenvalue weighted by molar-refractivity contribution is -0.115. The fourth-order valence-corrected chi connectivity index (χ4v) is 2.66. The van der Waals surface area contributed by atoms with E-state index in [2.05, 4.69) is 10.6 Å². The molecule has 7 nitrogen and oxygen atoms in total. The summed E-state index contributed by atoms with van der Waals surface area (Å²) in [5, 5.41) is 5.29. The van der Waals surface area contributed by atoms with Gasteiger partial charge in [-0.2, -0.15) is 0 Å². The van der Waals surface area contributed by atoms with E-state index in [1.165, 1.54) is 7.11 Å². The lowest BCUT2D eigenvalue weighted by Crippen LogP contribution is -2.32. The number of ether oxygens (including phenoxy) is 3. The third-order valence-corrected chi connectivity index (χ3v) is 4.19. The third-order valence-electron chi connectivity index (χ3n) is 4.19. The Morgan fingerprint density at radius 1 is 0.800 bits per heavy atom. The van der Waals surface area contributed by atoms with Crippen molar-refractivity contribution in [2.75, 3.05) is 26.1 Å². The van der Waals surface area contributed by atoms with Crippen molar-refractivity contribution in [3.8, 4) is 23.0 Å². The van der Waals surface area contributed by atoms with E-state index >= 15 is 0 Å². The Labute approximate surface area is 174 Å². The molecule has 2 N–H and O–H groups in total. The molecule has 0 bridgehead atoms. The molecule has 30 heavy (non-hydrogen) atoms. The third kappa shape index (κ3) is 5.51. The number of carbonyl (C=O) groups is 2. The van der Waals surface area contributed by atoms with E-state index in [4.69, 9.17) is 14.2 Å². The summed E-state index contributed by atoms with van der Waals surface area (Å²) in [6, 6.07) is 21.1. The average molecular weight is 406 g/mol. The second kappa shape index (κ2) is 9.97. The van der Waals surface area contributed by atoms with Gasteiger partial charge in [0.05, 0.1) is 26.5 Å². The van der Waals surface area contributed by atoms with Gasteiger partial charge < -0.3 is 24.8 Å². The minimum absolute atomic E-state index is 0.184. The molecule has 0 aliphatic carbocycles. The number of para-hydroxylation sites is 1. The number of hydrogen-bond donors (Lipinski definition) is 2. The largest absolute Gasteiger partial charge is 0.497 e. The van der Waals surface area contributed by atoms with E-state index < -0.39 is 0 Å². The summed E-state index contributed by atoms with van der Waals surface area (Å²) in [4.78, 5) is 24.5. The molecule has 0 aromatic heterocycles. The molecule has 0 aliphatic heterocycles. The van der Waals surface area contributed by atoms with Crippen molar-refractivity contribution in [3.63, 3.8) is 0 Å². The van der Waals surface area contributed by atoms with E-state index in [-0.39, 0.29) is 18.4 Å². The Balaban J connectivity index is 1.53. The van der Waals surface area contributed by atoms with E-state index in [1.807, 2.05) is 30.3 Å². The molecular weight excluding hydrogens is 384 g/mol. The van der Waals surface area contributed by atoms with Crippen molar-refractivity contribution < 1.29 is 23.8 Å². The van der Waals surface area contributed by atoms with Crippen LogP contribution in [0.15, 0.2) is 72.8 Å². The van der Waals surface area contributed by atoms with Gasteiger partial charge in [-0.15, -0.1) is 0 Å². The molecule has 0 spiro atoms. The van der Waals surface area contributed by atoms with Crippen LogP contribution >= 0.6 is 0 Å². The van der Waals surface area contributed by atoms with Crippen molar-refractivity contribution in [2.24, 2.45) is 0 Å². The quantitative estimate of drug-likeness (QED) is 0.593. The first-order chi connectivity index (χ1) is 14.6. The van der Waals surface area contributed by atoms with Crippen LogP contribution in [0.1, 0.15) is 10.4 Å². The van der Waals surface area contributed by atoms with Crippen LogP contribution < -0.4 is 24.8 Å². The molecule has 3 rings (SSSR count). The van der Waals surface area contributed by atoms with E-state index in [0.29, 0.717) is 34.2 Å². The number of carbonyl (C=O) groups excluding carboxylic acids is 2. The van der Waals surface area contributed by atoms with Crippen LogP contribution in [0.3, 0.4) is 0 Å². The van der Waals surface area contributed by atoms with Gasteiger partial charge in [0.25, 0.3) is 5.91 Å². The molecular formula is C23H22N2O5. The van der Waals surface area contributed by atoms with Gasteiger partial charge in [-0.25, -0.2) is 0 Å². The average Bonchev–Trinajstić information content (AvgIpc) is 2.79. The van der Waals surface area contributed by atoms with Crippen LogP contribution in [0.4, 0.5) is 5.69 Å². The van der Waals surface area contributed by atoms with E-state index in [0.717, 1.165) is 0 Å². The Hall–Kier alpha value is -4.00. The molecule has 0 atom stereocenters. The van der Waals surface area contributed by atoms with Gasteiger partial charge >= 0.3 is 0 Å². The molecule has 0 unspecified atom stereocenters. The first-order valence-corrected chi connectivity index (χ1v) is 9.22. The lowest BCUT2D eigenvalue weighted by Gasteiger charge is -2.12. The SMILES string of the molecule is COc1ccc(NC(=O)CNC(=O)c2ccc(Oc3ccccc3)cc2)c(OC)c1. The Morgan fingerprint density at radius 3 is 2.13 bits per heavy atom. The number of benzene rings is 3. The van der Waals surface area contributed by atoms with Crippen LogP contribution in [0.5, 0.6) is 23.0 Å². The Kier molecular flexibility index (Phi) is 6.89. The van der Waals surface area contributed by atoms with Gasteiger partial charge in [-0.3, -0.25) is 9.59 Å². The van der Waals surface area contributed by atoms with Gasteiger partial charge in [0.1, 0.15) is 23.0 Å². The Bertz CT molecular complexity index is 1000. The van der Waals surface area contributed by atoms with Gasteiger partial charge in [-0.05, 0) is 48.5 Å². The maximum absolute atomic E-state index is 12.3. The highest BCUT2D eigenvalue weighted by Gasteiger charge is 2.11. The zero-order chi connectivity index (χ0) is 21.3. The van der Waals surface area contributed by atoms with Crippen LogP contribution in [0, 0.1) is 0 Å². The second-order valence-electron chi connectivity index (χ2n) is 6.24. The highest BCUT2D eigenvalue weighted by atomic mass is 16.5. The minimum atomic E-state index is -0.379. The molecule has 7 heteroatoms. The summed E-state index contributed by atoms with van der Waals surface area (Å²) in [5.41, 5.74) is 0.908. The maximum atomic E-state index is 12.3. The number of methoxy groups -OCH3 is 2. The van der Waals surface area contributed by atoms with Crippen molar-refractivity contribution in [3.05, 3.63) is 78.4 Å². The summed E-state index contributed by atoms with van der Waals surface area (Å²) in [6.45, 7) is -0.184. The highest BCUT2D eigenvalue weighted by molar-refractivity contribution is 5.99. The number of nitrogens with one attached hydrogen (secondary N) is 2. The molecule has 0 fully saturated rings. The number of hydrogen-bond acceptors (Lipinski definition) is 5. The number of rotatable bonds is 8. The maximum Gasteiger partial charge on any atom is 0.251 e. The smallest absolute Gasteiger partial charge is 0.251 e. The fraction of sp³-hybridized carbons (Fsp3) is 0.130. The van der Waals surface area contributed by atoms with Gasteiger partial charge in [0, 0.05) is 11.6 Å². The number of amides is 2. The summed E-state index contributed by atoms with van der Waals surface area (Å²) < 4.78 is 16.1. The van der Waals surface area contributed by atoms with Crippen LogP contribution in [-0.4, -0.2) is 32.6 Å². The van der Waals surface area contributed by atoms with Crippen LogP contribution in [0.25, 0.3) is 0 Å². The highest BCUT2D eigenvalue weighted by Crippen LogP contribution is 2.28. The fourth-order valence-electron chi connectivity index (χ4n) is 2.66. The van der Waals surface area contributed by atoms with Crippen LogP contribution in [0.2, 0.25) is 0 Å². The molecule has 0 saturated heterocycles. The zero-order valence-electron chi connectivity index (χ0n) is 16.7.